The first-order chi connectivity index (χ1) is 10.1. The van der Waals surface area contributed by atoms with Crippen molar-refractivity contribution >= 4 is 5.91 Å². The van der Waals surface area contributed by atoms with Gasteiger partial charge in [-0.05, 0) is 49.4 Å². The number of benzene rings is 1. The number of carbonyl (C=O) groups is 1. The van der Waals surface area contributed by atoms with Gasteiger partial charge in [-0.25, -0.2) is 0 Å². The number of hydrogen-bond donors (Lipinski definition) is 0. The molecule has 0 unspecified atom stereocenters. The van der Waals surface area contributed by atoms with Gasteiger partial charge in [0, 0.05) is 19.0 Å². The third kappa shape index (κ3) is 2.71. The van der Waals surface area contributed by atoms with E-state index in [4.69, 9.17) is 9.47 Å². The predicted octanol–water partition coefficient (Wildman–Crippen LogP) is 2.85. The Labute approximate surface area is 127 Å². The highest BCUT2D eigenvalue weighted by molar-refractivity contribution is 5.81. The largest absolute Gasteiger partial charge is 0.493 e. The topological polar surface area (TPSA) is 38.8 Å². The molecule has 1 aromatic rings. The van der Waals surface area contributed by atoms with Gasteiger partial charge in [0.05, 0.1) is 14.2 Å². The van der Waals surface area contributed by atoms with Gasteiger partial charge in [0.2, 0.25) is 5.91 Å². The normalized spacial score (nSPS) is 20.0. The second-order valence-electron chi connectivity index (χ2n) is 5.52. The zero-order chi connectivity index (χ0) is 15.6. The molecule has 0 N–H and O–H groups in total. The zero-order valence-electron chi connectivity index (χ0n) is 13.6. The van der Waals surface area contributed by atoms with E-state index in [1.165, 1.54) is 11.1 Å². The number of amides is 1. The van der Waals surface area contributed by atoms with Crippen LogP contribution >= 0.6 is 0 Å². The molecule has 1 aliphatic carbocycles. The molecule has 116 valence electrons. The van der Waals surface area contributed by atoms with Crippen molar-refractivity contribution < 1.29 is 14.3 Å². The van der Waals surface area contributed by atoms with Crippen LogP contribution in [0.1, 0.15) is 37.8 Å². The summed E-state index contributed by atoms with van der Waals surface area (Å²) in [5.74, 6) is 1.96. The predicted molar refractivity (Wildman–Crippen MR) is 83.1 cm³/mol. The van der Waals surface area contributed by atoms with E-state index < -0.39 is 0 Å². The van der Waals surface area contributed by atoms with Crippen molar-refractivity contribution in [1.82, 2.24) is 4.90 Å². The standard InChI is InChI=1S/C17H25NO3/c1-6-18(7-2)17(19)14-8-12-9-15(20-4)16(21-5)10-13(12)11(14)3/h9-11,14H,6-8H2,1-5H3/t11-,14-/m1/s1. The Morgan fingerprint density at radius 1 is 1.19 bits per heavy atom. The summed E-state index contributed by atoms with van der Waals surface area (Å²) in [7, 11) is 3.28. The first-order valence-corrected chi connectivity index (χ1v) is 7.60. The van der Waals surface area contributed by atoms with Gasteiger partial charge in [0.1, 0.15) is 0 Å². The third-order valence-corrected chi connectivity index (χ3v) is 4.57. The molecular formula is C17H25NO3. The Kier molecular flexibility index (Phi) is 4.76. The molecule has 0 aromatic heterocycles. The second-order valence-corrected chi connectivity index (χ2v) is 5.52. The monoisotopic (exact) mass is 291 g/mol. The zero-order valence-corrected chi connectivity index (χ0v) is 13.6. The van der Waals surface area contributed by atoms with Crippen LogP contribution in [0.4, 0.5) is 0 Å². The van der Waals surface area contributed by atoms with E-state index in [9.17, 15) is 4.79 Å². The van der Waals surface area contributed by atoms with Crippen LogP contribution in [0.5, 0.6) is 11.5 Å². The minimum atomic E-state index is 0.0247. The molecule has 0 fully saturated rings. The fourth-order valence-corrected chi connectivity index (χ4v) is 3.24. The van der Waals surface area contributed by atoms with Crippen LogP contribution in [0, 0.1) is 5.92 Å². The number of carbonyl (C=O) groups excluding carboxylic acids is 1. The first-order valence-electron chi connectivity index (χ1n) is 7.60. The SMILES string of the molecule is CCN(CC)C(=O)[C@@H]1Cc2cc(OC)c(OC)cc2[C@H]1C. The fourth-order valence-electron chi connectivity index (χ4n) is 3.24. The maximum absolute atomic E-state index is 12.7. The van der Waals surface area contributed by atoms with E-state index in [0.29, 0.717) is 0 Å². The smallest absolute Gasteiger partial charge is 0.226 e. The second kappa shape index (κ2) is 6.37. The van der Waals surface area contributed by atoms with Crippen LogP contribution in [0.3, 0.4) is 0 Å². The Bertz CT molecular complexity index is 523. The lowest BCUT2D eigenvalue weighted by atomic mass is 9.93. The van der Waals surface area contributed by atoms with Crippen LogP contribution in [0.2, 0.25) is 0 Å². The number of fused-ring (bicyclic) bond motifs is 1. The van der Waals surface area contributed by atoms with Crippen LogP contribution in [0.25, 0.3) is 0 Å². The van der Waals surface area contributed by atoms with Crippen LogP contribution in [-0.2, 0) is 11.2 Å². The molecule has 0 saturated heterocycles. The molecule has 21 heavy (non-hydrogen) atoms. The highest BCUT2D eigenvalue weighted by Crippen LogP contribution is 2.43. The van der Waals surface area contributed by atoms with E-state index in [1.54, 1.807) is 14.2 Å². The van der Waals surface area contributed by atoms with E-state index in [1.807, 2.05) is 30.9 Å². The van der Waals surface area contributed by atoms with E-state index >= 15 is 0 Å². The Hall–Kier alpha value is -1.71. The van der Waals surface area contributed by atoms with Crippen LogP contribution < -0.4 is 9.47 Å². The minimum Gasteiger partial charge on any atom is -0.493 e. The first kappa shape index (κ1) is 15.7. The summed E-state index contributed by atoms with van der Waals surface area (Å²) in [6.07, 6.45) is 0.784. The van der Waals surface area contributed by atoms with Gasteiger partial charge < -0.3 is 14.4 Å². The summed E-state index contributed by atoms with van der Waals surface area (Å²) < 4.78 is 10.7. The molecule has 2 rings (SSSR count). The molecule has 0 spiro atoms. The summed E-state index contributed by atoms with van der Waals surface area (Å²) in [4.78, 5) is 14.6. The molecule has 4 heteroatoms. The Balaban J connectivity index is 2.31. The Morgan fingerprint density at radius 2 is 1.76 bits per heavy atom. The molecular weight excluding hydrogens is 266 g/mol. The van der Waals surface area contributed by atoms with Crippen molar-refractivity contribution in [3.63, 3.8) is 0 Å². The summed E-state index contributed by atoms with van der Waals surface area (Å²) in [5.41, 5.74) is 2.41. The Morgan fingerprint density at radius 3 is 2.29 bits per heavy atom. The van der Waals surface area contributed by atoms with Gasteiger partial charge in [-0.1, -0.05) is 6.92 Å². The van der Waals surface area contributed by atoms with Crippen molar-refractivity contribution in [1.29, 1.82) is 0 Å². The van der Waals surface area contributed by atoms with Gasteiger partial charge in [0.15, 0.2) is 11.5 Å². The molecule has 1 aromatic carbocycles. The molecule has 2 atom stereocenters. The average Bonchev–Trinajstić information content (AvgIpc) is 2.83. The van der Waals surface area contributed by atoms with Gasteiger partial charge in [-0.3, -0.25) is 4.79 Å². The van der Waals surface area contributed by atoms with Crippen LogP contribution in [-0.4, -0.2) is 38.1 Å². The van der Waals surface area contributed by atoms with Gasteiger partial charge in [-0.2, -0.15) is 0 Å². The van der Waals surface area contributed by atoms with Gasteiger partial charge >= 0.3 is 0 Å². The molecule has 0 bridgehead atoms. The van der Waals surface area contributed by atoms with Crippen molar-refractivity contribution in [3.8, 4) is 11.5 Å². The summed E-state index contributed by atoms with van der Waals surface area (Å²) in [6.45, 7) is 7.72. The molecule has 0 heterocycles. The maximum Gasteiger partial charge on any atom is 0.226 e. The number of nitrogens with zero attached hydrogens (tertiary/aromatic N) is 1. The molecule has 0 radical (unpaired) electrons. The fraction of sp³-hybridized carbons (Fsp3) is 0.588. The lowest BCUT2D eigenvalue weighted by Gasteiger charge is -2.25. The molecule has 4 nitrogen and oxygen atoms in total. The number of hydrogen-bond acceptors (Lipinski definition) is 3. The lowest BCUT2D eigenvalue weighted by molar-refractivity contribution is -0.135. The van der Waals surface area contributed by atoms with Gasteiger partial charge in [-0.15, -0.1) is 0 Å². The summed E-state index contributed by atoms with van der Waals surface area (Å²) in [6, 6.07) is 4.04. The van der Waals surface area contributed by atoms with E-state index in [0.717, 1.165) is 31.0 Å². The van der Waals surface area contributed by atoms with Crippen molar-refractivity contribution in [3.05, 3.63) is 23.3 Å². The van der Waals surface area contributed by atoms with E-state index in [-0.39, 0.29) is 17.7 Å². The highest BCUT2D eigenvalue weighted by atomic mass is 16.5. The lowest BCUT2D eigenvalue weighted by Crippen LogP contribution is -2.37. The number of rotatable bonds is 5. The van der Waals surface area contributed by atoms with Crippen molar-refractivity contribution in [2.75, 3.05) is 27.3 Å². The molecule has 0 aliphatic heterocycles. The summed E-state index contributed by atoms with van der Waals surface area (Å²) >= 11 is 0. The van der Waals surface area contributed by atoms with Crippen molar-refractivity contribution in [2.24, 2.45) is 5.92 Å². The quantitative estimate of drug-likeness (QED) is 0.837. The van der Waals surface area contributed by atoms with Crippen LogP contribution in [0.15, 0.2) is 12.1 Å². The van der Waals surface area contributed by atoms with E-state index in [2.05, 4.69) is 6.92 Å². The number of methoxy groups -OCH3 is 2. The third-order valence-electron chi connectivity index (χ3n) is 4.57. The number of ether oxygens (including phenoxy) is 2. The minimum absolute atomic E-state index is 0.0247. The average molecular weight is 291 g/mol. The summed E-state index contributed by atoms with van der Waals surface area (Å²) in [5, 5.41) is 0. The molecule has 0 saturated carbocycles. The van der Waals surface area contributed by atoms with Gasteiger partial charge in [0.25, 0.3) is 0 Å². The highest BCUT2D eigenvalue weighted by Gasteiger charge is 2.36. The molecule has 1 aliphatic rings. The maximum atomic E-state index is 12.7. The van der Waals surface area contributed by atoms with Crippen molar-refractivity contribution in [2.45, 2.75) is 33.1 Å². The molecule has 1 amide bonds.